The van der Waals surface area contributed by atoms with Gasteiger partial charge in [0.15, 0.2) is 35.1 Å². The van der Waals surface area contributed by atoms with Crippen molar-refractivity contribution in [2.24, 2.45) is 0 Å². The van der Waals surface area contributed by atoms with Crippen LogP contribution in [0.2, 0.25) is 0 Å². The van der Waals surface area contributed by atoms with Gasteiger partial charge in [-0.05, 0) is 0 Å². The van der Waals surface area contributed by atoms with E-state index in [1.165, 1.54) is 21.8 Å². The van der Waals surface area contributed by atoms with Crippen molar-refractivity contribution in [3.8, 4) is 0 Å². The number of aromatic nitrogens is 8. The molecule has 4 aromatic rings. The molecule has 0 spiro atoms. The molecule has 4 aromatic heterocycles. The molecule has 18 nitrogen and oxygen atoms in total. The summed E-state index contributed by atoms with van der Waals surface area (Å²) in [7, 11) is 0. The Morgan fingerprint density at radius 1 is 1.19 bits per heavy atom. The fraction of sp³-hybridized carbons (Fsp3) is 0.524. The maximum absolute atomic E-state index is 15.7. The minimum absolute atomic E-state index is 0.0644. The van der Waals surface area contributed by atoms with Crippen molar-refractivity contribution >= 4 is 52.9 Å². The zero-order valence-electron chi connectivity index (χ0n) is 21.3. The van der Waals surface area contributed by atoms with Gasteiger partial charge in [-0.2, -0.15) is 4.98 Å². The molecule has 2 bridgehead atoms. The third-order valence-electron chi connectivity index (χ3n) is 7.73. The van der Waals surface area contributed by atoms with E-state index in [-0.39, 0.29) is 29.5 Å². The highest BCUT2D eigenvalue weighted by molar-refractivity contribution is 8.46. The summed E-state index contributed by atoms with van der Waals surface area (Å²) >= 11 is 4.24. The van der Waals surface area contributed by atoms with E-state index >= 15 is 4.39 Å². The van der Waals surface area contributed by atoms with Gasteiger partial charge in [-0.1, -0.05) is 12.2 Å². The standard InChI is InChI=1S/C21H24FN10O8PS/c22-8-7(1-33)39-19(32-6-28-10-16(32)29-20(24)30-17(10)35)12(8)41(36,42)38-3-21-2-37-11(13(21)34)18(40-21)31-5-27-9-14(23)25-4-26-15(9)31/h4-8,11-13,18-19,33-34H,1-3H2,(H,36,42)(H2,23,25,26)(H3,24,29,30,35)/t7-,8-,11-,12-,13+,18-,19-,21-,41?/m1/s1. The molecule has 3 fully saturated rings. The van der Waals surface area contributed by atoms with Gasteiger partial charge in [0, 0.05) is 0 Å². The number of anilines is 2. The highest BCUT2D eigenvalue weighted by Gasteiger charge is 2.63. The fourth-order valence-corrected chi connectivity index (χ4v) is 8.20. The zero-order chi connectivity index (χ0) is 29.6. The Hall–Kier alpha value is -3.23. The number of nitrogens with two attached hydrogens (primary N) is 2. The largest absolute Gasteiger partial charge is 0.394 e. The van der Waals surface area contributed by atoms with Crippen LogP contribution in [0.25, 0.3) is 22.3 Å². The first-order valence-corrected chi connectivity index (χ1v) is 15.4. The van der Waals surface area contributed by atoms with Crippen molar-refractivity contribution in [2.75, 3.05) is 31.3 Å². The molecule has 1 unspecified atom stereocenters. The SMILES string of the molecule is Nc1nc2c(ncn2[C@@H]2O[C@H](CO)[C@@H](F)[C@H]2P(=O)(S)OC[C@@]23CO[C@@H]([C@H](n4cnc5c(N)ncnc54)O2)[C@@H]3O)c(=O)[nH]1. The molecule has 0 aliphatic carbocycles. The predicted octanol–water partition coefficient (Wildman–Crippen LogP) is -1.11. The molecule has 7 rings (SSSR count). The van der Waals surface area contributed by atoms with Gasteiger partial charge in [0.2, 0.25) is 5.95 Å². The van der Waals surface area contributed by atoms with Gasteiger partial charge in [-0.15, -0.1) is 0 Å². The van der Waals surface area contributed by atoms with E-state index in [9.17, 15) is 19.6 Å². The summed E-state index contributed by atoms with van der Waals surface area (Å²) in [4.78, 5) is 34.9. The summed E-state index contributed by atoms with van der Waals surface area (Å²) in [6, 6.07) is 0. The lowest BCUT2D eigenvalue weighted by atomic mass is 10.0. The number of nitrogens with one attached hydrogen (secondary N) is 1. The van der Waals surface area contributed by atoms with Gasteiger partial charge >= 0.3 is 0 Å². The van der Waals surface area contributed by atoms with E-state index in [2.05, 4.69) is 42.2 Å². The van der Waals surface area contributed by atoms with Crippen LogP contribution in [-0.4, -0.2) is 105 Å². The van der Waals surface area contributed by atoms with Gasteiger partial charge in [-0.3, -0.25) is 23.5 Å². The molecule has 42 heavy (non-hydrogen) atoms. The van der Waals surface area contributed by atoms with E-state index in [1.54, 1.807) is 0 Å². The second kappa shape index (κ2) is 9.64. The number of fused-ring (bicyclic) bond motifs is 4. The Kier molecular flexibility index (Phi) is 6.34. The first kappa shape index (κ1) is 27.6. The summed E-state index contributed by atoms with van der Waals surface area (Å²) in [5.41, 5.74) is 8.28. The number of thiol groups is 1. The minimum Gasteiger partial charge on any atom is -0.394 e. The van der Waals surface area contributed by atoms with Gasteiger partial charge in [0.1, 0.15) is 47.6 Å². The summed E-state index contributed by atoms with van der Waals surface area (Å²) < 4.78 is 55.8. The Morgan fingerprint density at radius 2 is 1.93 bits per heavy atom. The number of ether oxygens (including phenoxy) is 3. The maximum Gasteiger partial charge on any atom is 0.280 e. The number of aliphatic hydroxyl groups excluding tert-OH is 2. The van der Waals surface area contributed by atoms with Gasteiger partial charge in [0.05, 0.1) is 32.5 Å². The Morgan fingerprint density at radius 3 is 2.69 bits per heavy atom. The molecule has 3 aliphatic heterocycles. The molecular formula is C21H24FN10O8PS. The third kappa shape index (κ3) is 3.98. The lowest BCUT2D eigenvalue weighted by Gasteiger charge is -2.33. The first-order chi connectivity index (χ1) is 20.0. The Balaban J connectivity index is 1.17. The van der Waals surface area contributed by atoms with Crippen LogP contribution in [-0.2, 0) is 23.3 Å². The summed E-state index contributed by atoms with van der Waals surface area (Å²) in [5.74, 6) is -0.0814. The smallest absolute Gasteiger partial charge is 0.280 e. The highest BCUT2D eigenvalue weighted by atomic mass is 32.7. The monoisotopic (exact) mass is 626 g/mol. The number of rotatable bonds is 7. The lowest BCUT2D eigenvalue weighted by molar-refractivity contribution is -0.182. The first-order valence-electron chi connectivity index (χ1n) is 12.5. The molecule has 9 atom stereocenters. The summed E-state index contributed by atoms with van der Waals surface area (Å²) in [6.07, 6.45) is -4.03. The van der Waals surface area contributed by atoms with Crippen LogP contribution in [0.1, 0.15) is 12.5 Å². The molecule has 21 heteroatoms. The molecule has 7 N–H and O–H groups in total. The molecule has 0 aromatic carbocycles. The van der Waals surface area contributed by atoms with Gasteiger partial charge in [0.25, 0.3) is 12.1 Å². The summed E-state index contributed by atoms with van der Waals surface area (Å²) in [5, 5.41) is 20.9. The second-order valence-corrected chi connectivity index (χ2v) is 13.8. The molecule has 7 heterocycles. The highest BCUT2D eigenvalue weighted by Crippen LogP contribution is 2.65. The number of alkyl halides is 1. The molecule has 224 valence electrons. The van der Waals surface area contributed by atoms with Crippen LogP contribution in [0, 0.1) is 0 Å². The molecule has 0 radical (unpaired) electrons. The van der Waals surface area contributed by atoms with E-state index in [1.807, 2.05) is 0 Å². The van der Waals surface area contributed by atoms with Crippen molar-refractivity contribution in [1.82, 2.24) is 39.0 Å². The molecule has 0 amide bonds. The average Bonchev–Trinajstić information content (AvgIpc) is 3.75. The summed E-state index contributed by atoms with van der Waals surface area (Å²) in [6.45, 7) is -5.69. The normalized spacial score (nSPS) is 34.0. The van der Waals surface area contributed by atoms with Crippen LogP contribution in [0.15, 0.2) is 23.8 Å². The Bertz CT molecular complexity index is 1810. The second-order valence-electron chi connectivity index (χ2n) is 10.2. The molecule has 3 saturated heterocycles. The zero-order valence-corrected chi connectivity index (χ0v) is 23.1. The number of hydrogen-bond donors (Lipinski definition) is 6. The average molecular weight is 627 g/mol. The lowest BCUT2D eigenvalue weighted by Crippen LogP contribution is -2.45. The van der Waals surface area contributed by atoms with Crippen LogP contribution >= 0.6 is 18.8 Å². The molecule has 0 saturated carbocycles. The predicted molar refractivity (Wildman–Crippen MR) is 143 cm³/mol. The van der Waals surface area contributed by atoms with E-state index < -0.39 is 73.5 Å². The fourth-order valence-electron chi connectivity index (χ4n) is 5.64. The number of imidazole rings is 2. The van der Waals surface area contributed by atoms with Crippen LogP contribution in [0.4, 0.5) is 16.2 Å². The number of halogens is 1. The van der Waals surface area contributed by atoms with Crippen molar-refractivity contribution in [3.63, 3.8) is 0 Å². The van der Waals surface area contributed by atoms with Crippen molar-refractivity contribution in [2.45, 2.75) is 48.2 Å². The minimum atomic E-state index is -4.30. The number of aliphatic hydroxyl groups is 2. The topological polar surface area (TPSA) is 254 Å². The van der Waals surface area contributed by atoms with Gasteiger partial charge in [-0.25, -0.2) is 24.3 Å². The molecular weight excluding hydrogens is 602 g/mol. The third-order valence-corrected chi connectivity index (χ3v) is 10.7. The number of nitrogens with zero attached hydrogens (tertiary/aromatic N) is 7. The number of hydrogen-bond acceptors (Lipinski definition) is 15. The van der Waals surface area contributed by atoms with Crippen molar-refractivity contribution in [3.05, 3.63) is 29.3 Å². The van der Waals surface area contributed by atoms with Gasteiger partial charge < -0.3 is 40.4 Å². The number of aromatic amines is 1. The maximum atomic E-state index is 15.7. The van der Waals surface area contributed by atoms with Crippen LogP contribution in [0.3, 0.4) is 0 Å². The Labute approximate surface area is 238 Å². The number of H-pyrrole nitrogens is 1. The van der Waals surface area contributed by atoms with Crippen LogP contribution < -0.4 is 17.0 Å². The number of nitrogen functional groups attached to an aromatic ring is 2. The van der Waals surface area contributed by atoms with Crippen molar-refractivity contribution < 1.29 is 37.9 Å². The van der Waals surface area contributed by atoms with E-state index in [0.29, 0.717) is 11.2 Å². The van der Waals surface area contributed by atoms with Crippen molar-refractivity contribution in [1.29, 1.82) is 0 Å². The van der Waals surface area contributed by atoms with E-state index in [4.69, 9.17) is 30.2 Å². The molecule has 3 aliphatic rings. The van der Waals surface area contributed by atoms with E-state index in [0.717, 1.165) is 6.33 Å². The quantitative estimate of drug-likeness (QED) is 0.105. The van der Waals surface area contributed by atoms with Crippen LogP contribution in [0.5, 0.6) is 0 Å².